The molecule has 2 aromatic rings. The van der Waals surface area contributed by atoms with Gasteiger partial charge in [-0.25, -0.2) is 9.37 Å². The lowest BCUT2D eigenvalue weighted by atomic mass is 10.2. The van der Waals surface area contributed by atoms with E-state index in [1.807, 2.05) is 6.92 Å². The van der Waals surface area contributed by atoms with Crippen molar-refractivity contribution in [1.82, 2.24) is 14.9 Å². The predicted molar refractivity (Wildman–Crippen MR) is 92.5 cm³/mol. The number of hydrogen-bond acceptors (Lipinski definition) is 4. The molecule has 1 amide bonds. The molecule has 0 unspecified atom stereocenters. The van der Waals surface area contributed by atoms with Crippen LogP contribution in [0.2, 0.25) is 0 Å². The molecule has 5 nitrogen and oxygen atoms in total. The zero-order valence-corrected chi connectivity index (χ0v) is 14.5. The predicted octanol–water partition coefficient (Wildman–Crippen LogP) is 2.61. The number of aryl methyl sites for hydroxylation is 1. The molecule has 0 aliphatic carbocycles. The van der Waals surface area contributed by atoms with Crippen molar-refractivity contribution in [2.24, 2.45) is 0 Å². The summed E-state index contributed by atoms with van der Waals surface area (Å²) in [6.07, 6.45) is 1.61. The molecule has 0 saturated carbocycles. The Morgan fingerprint density at radius 1 is 1.38 bits per heavy atom. The van der Waals surface area contributed by atoms with E-state index in [2.05, 4.69) is 9.97 Å². The van der Waals surface area contributed by atoms with E-state index in [0.29, 0.717) is 10.7 Å². The van der Waals surface area contributed by atoms with Gasteiger partial charge in [0, 0.05) is 30.9 Å². The zero-order valence-electron chi connectivity index (χ0n) is 13.7. The number of amides is 1. The Labute approximate surface area is 144 Å². The number of nitrogens with zero attached hydrogens (tertiary/aromatic N) is 2. The fourth-order valence-electron chi connectivity index (χ4n) is 2.15. The highest BCUT2D eigenvalue weighted by atomic mass is 32.2. The van der Waals surface area contributed by atoms with Crippen LogP contribution in [0, 0.1) is 5.82 Å². The third-order valence-electron chi connectivity index (χ3n) is 3.40. The van der Waals surface area contributed by atoms with Crippen molar-refractivity contribution >= 4 is 17.7 Å². The highest BCUT2D eigenvalue weighted by molar-refractivity contribution is 7.99. The first-order chi connectivity index (χ1) is 11.5. The van der Waals surface area contributed by atoms with Crippen LogP contribution < -0.4 is 5.56 Å². The Balaban J connectivity index is 1.95. The van der Waals surface area contributed by atoms with Gasteiger partial charge in [0.05, 0.1) is 5.75 Å². The maximum atomic E-state index is 13.6. The largest absolute Gasteiger partial charge is 0.341 e. The van der Waals surface area contributed by atoms with Crippen molar-refractivity contribution < 1.29 is 9.18 Å². The van der Waals surface area contributed by atoms with Gasteiger partial charge in [-0.2, -0.15) is 0 Å². The van der Waals surface area contributed by atoms with Crippen molar-refractivity contribution in [3.05, 3.63) is 57.8 Å². The number of rotatable bonds is 7. The summed E-state index contributed by atoms with van der Waals surface area (Å²) in [5.74, 6) is -0.362. The van der Waals surface area contributed by atoms with Gasteiger partial charge in [-0.3, -0.25) is 9.59 Å². The van der Waals surface area contributed by atoms with Crippen LogP contribution in [0.1, 0.15) is 24.6 Å². The molecule has 24 heavy (non-hydrogen) atoms. The Morgan fingerprint density at radius 2 is 2.12 bits per heavy atom. The summed E-state index contributed by atoms with van der Waals surface area (Å²) in [7, 11) is 1.62. The van der Waals surface area contributed by atoms with E-state index >= 15 is 0 Å². The monoisotopic (exact) mass is 349 g/mol. The molecule has 1 aromatic carbocycles. The summed E-state index contributed by atoms with van der Waals surface area (Å²) in [6, 6.07) is 7.84. The van der Waals surface area contributed by atoms with Gasteiger partial charge >= 0.3 is 0 Å². The first kappa shape index (κ1) is 18.2. The lowest BCUT2D eigenvalue weighted by molar-refractivity contribution is -0.127. The molecule has 0 aliphatic rings. The van der Waals surface area contributed by atoms with Crippen molar-refractivity contribution in [2.75, 3.05) is 12.8 Å². The molecule has 1 heterocycles. The molecule has 128 valence electrons. The average molecular weight is 349 g/mol. The fraction of sp³-hybridized carbons (Fsp3) is 0.353. The van der Waals surface area contributed by atoms with Crippen LogP contribution in [-0.4, -0.2) is 33.6 Å². The molecule has 1 N–H and O–H groups in total. The van der Waals surface area contributed by atoms with Crippen molar-refractivity contribution in [1.29, 1.82) is 0 Å². The first-order valence-corrected chi connectivity index (χ1v) is 8.68. The molecule has 0 spiro atoms. The fourth-order valence-corrected chi connectivity index (χ4v) is 2.98. The minimum atomic E-state index is -0.330. The number of H-pyrrole nitrogens is 1. The summed E-state index contributed by atoms with van der Waals surface area (Å²) in [6.45, 7) is 2.21. The van der Waals surface area contributed by atoms with Crippen LogP contribution >= 0.6 is 11.8 Å². The van der Waals surface area contributed by atoms with Crippen LogP contribution in [0.4, 0.5) is 4.39 Å². The quantitative estimate of drug-likeness (QED) is 0.616. The summed E-state index contributed by atoms with van der Waals surface area (Å²) in [5.41, 5.74) is 0.967. The van der Waals surface area contributed by atoms with E-state index < -0.39 is 0 Å². The van der Waals surface area contributed by atoms with E-state index in [9.17, 15) is 14.0 Å². The van der Waals surface area contributed by atoms with E-state index in [4.69, 9.17) is 0 Å². The van der Waals surface area contributed by atoms with Gasteiger partial charge in [0.2, 0.25) is 5.91 Å². The SMILES string of the molecule is CCCc1cc(=O)[nH]c(SCC(=O)N(C)Cc2ccccc2F)n1. The van der Waals surface area contributed by atoms with Gasteiger partial charge in [-0.1, -0.05) is 43.3 Å². The molecule has 0 bridgehead atoms. The maximum absolute atomic E-state index is 13.6. The minimum Gasteiger partial charge on any atom is -0.341 e. The summed E-state index contributed by atoms with van der Waals surface area (Å²) in [5, 5.41) is 0.429. The summed E-state index contributed by atoms with van der Waals surface area (Å²) in [4.78, 5) is 32.2. The average Bonchev–Trinajstić information content (AvgIpc) is 2.54. The molecular formula is C17H20FN3O2S. The van der Waals surface area contributed by atoms with Gasteiger partial charge < -0.3 is 9.88 Å². The van der Waals surface area contributed by atoms with Gasteiger partial charge in [0.25, 0.3) is 5.56 Å². The van der Waals surface area contributed by atoms with Gasteiger partial charge in [0.15, 0.2) is 5.16 Å². The van der Waals surface area contributed by atoms with Crippen LogP contribution in [0.25, 0.3) is 0 Å². The summed E-state index contributed by atoms with van der Waals surface area (Å²) >= 11 is 1.17. The Hall–Kier alpha value is -2.15. The number of aromatic amines is 1. The van der Waals surface area contributed by atoms with Crippen LogP contribution in [0.3, 0.4) is 0 Å². The van der Waals surface area contributed by atoms with Crippen molar-refractivity contribution in [3.63, 3.8) is 0 Å². The highest BCUT2D eigenvalue weighted by Crippen LogP contribution is 2.14. The van der Waals surface area contributed by atoms with Crippen molar-refractivity contribution in [2.45, 2.75) is 31.5 Å². The Bertz CT molecular complexity index is 763. The molecule has 0 radical (unpaired) electrons. The number of carbonyl (C=O) groups excluding carboxylic acids is 1. The molecular weight excluding hydrogens is 329 g/mol. The van der Waals surface area contributed by atoms with Gasteiger partial charge in [-0.15, -0.1) is 0 Å². The number of halogens is 1. The first-order valence-electron chi connectivity index (χ1n) is 7.70. The van der Waals surface area contributed by atoms with Crippen LogP contribution in [0.15, 0.2) is 40.3 Å². The maximum Gasteiger partial charge on any atom is 0.251 e. The van der Waals surface area contributed by atoms with Gasteiger partial charge in [-0.05, 0) is 12.5 Å². The number of thioether (sulfide) groups is 1. The second-order valence-corrected chi connectivity index (χ2v) is 6.39. The Morgan fingerprint density at radius 3 is 2.83 bits per heavy atom. The second-order valence-electron chi connectivity index (χ2n) is 5.42. The van der Waals surface area contributed by atoms with E-state index in [0.717, 1.165) is 18.5 Å². The molecule has 0 aliphatic heterocycles. The topological polar surface area (TPSA) is 66.1 Å². The number of nitrogens with one attached hydrogen (secondary N) is 1. The molecule has 1 aromatic heterocycles. The third-order valence-corrected chi connectivity index (χ3v) is 4.26. The minimum absolute atomic E-state index is 0.128. The number of hydrogen-bond donors (Lipinski definition) is 1. The molecule has 2 rings (SSSR count). The summed E-state index contributed by atoms with van der Waals surface area (Å²) < 4.78 is 13.6. The number of benzene rings is 1. The van der Waals surface area contributed by atoms with E-state index in [1.54, 1.807) is 25.2 Å². The van der Waals surface area contributed by atoms with Crippen LogP contribution in [0.5, 0.6) is 0 Å². The van der Waals surface area contributed by atoms with Crippen molar-refractivity contribution in [3.8, 4) is 0 Å². The van der Waals surface area contributed by atoms with E-state index in [1.165, 1.54) is 28.8 Å². The Kier molecular flexibility index (Phi) is 6.54. The molecule has 0 fully saturated rings. The van der Waals surface area contributed by atoms with Gasteiger partial charge in [0.1, 0.15) is 5.82 Å². The van der Waals surface area contributed by atoms with Crippen LogP contribution in [-0.2, 0) is 17.8 Å². The number of aromatic nitrogens is 2. The lowest BCUT2D eigenvalue weighted by Crippen LogP contribution is -2.28. The smallest absolute Gasteiger partial charge is 0.251 e. The molecule has 7 heteroatoms. The number of carbonyl (C=O) groups is 1. The molecule has 0 saturated heterocycles. The molecule has 0 atom stereocenters. The standard InChI is InChI=1S/C17H20FN3O2S/c1-3-6-13-9-15(22)20-17(19-13)24-11-16(23)21(2)10-12-7-4-5-8-14(12)18/h4-5,7-9H,3,6,10-11H2,1-2H3,(H,19,20,22). The third kappa shape index (κ3) is 5.19. The van der Waals surface area contributed by atoms with E-state index in [-0.39, 0.29) is 29.6 Å². The zero-order chi connectivity index (χ0) is 17.5. The second kappa shape index (κ2) is 8.63. The normalized spacial score (nSPS) is 10.6. The highest BCUT2D eigenvalue weighted by Gasteiger charge is 2.13. The lowest BCUT2D eigenvalue weighted by Gasteiger charge is -2.17.